The molecule has 26 heavy (non-hydrogen) atoms. The van der Waals surface area contributed by atoms with E-state index in [1.54, 1.807) is 24.1 Å². The Morgan fingerprint density at radius 3 is 2.65 bits per heavy atom. The molecule has 0 aromatic heterocycles. The number of nitrogens with one attached hydrogen (secondary N) is 1. The monoisotopic (exact) mass is 360 g/mol. The van der Waals surface area contributed by atoms with Crippen LogP contribution in [0, 0.1) is 0 Å². The number of carbonyl (C=O) groups is 3. The van der Waals surface area contributed by atoms with Crippen LogP contribution in [0.4, 0.5) is 10.5 Å². The summed E-state index contributed by atoms with van der Waals surface area (Å²) in [6.07, 6.45) is -0.142. The molecular weight excluding hydrogens is 336 g/mol. The number of carbonyl (C=O) groups excluding carboxylic acids is 2. The van der Waals surface area contributed by atoms with Gasteiger partial charge in [-0.15, -0.1) is 0 Å². The molecule has 2 aliphatic heterocycles. The fourth-order valence-electron chi connectivity index (χ4n) is 3.66. The number of rotatable bonds is 3. The lowest BCUT2D eigenvalue weighted by Gasteiger charge is -2.38. The van der Waals surface area contributed by atoms with Crippen molar-refractivity contribution in [2.45, 2.75) is 19.4 Å². The van der Waals surface area contributed by atoms with E-state index in [0.29, 0.717) is 31.7 Å². The van der Waals surface area contributed by atoms with E-state index in [1.165, 1.54) is 4.90 Å². The molecule has 8 heteroatoms. The van der Waals surface area contributed by atoms with Crippen molar-refractivity contribution in [3.05, 3.63) is 29.3 Å². The maximum atomic E-state index is 12.8. The second-order valence-electron chi connectivity index (χ2n) is 6.78. The molecule has 1 aromatic rings. The molecule has 2 N–H and O–H groups in total. The topological polar surface area (TPSA) is 93.2 Å². The van der Waals surface area contributed by atoms with Gasteiger partial charge in [-0.05, 0) is 31.0 Å². The Kier molecular flexibility index (Phi) is 5.13. The first kappa shape index (κ1) is 18.2. The summed E-state index contributed by atoms with van der Waals surface area (Å²) in [5.41, 5.74) is 2.40. The Balaban J connectivity index is 1.67. The van der Waals surface area contributed by atoms with Gasteiger partial charge in [0.05, 0.1) is 6.54 Å². The van der Waals surface area contributed by atoms with Gasteiger partial charge < -0.3 is 20.2 Å². The van der Waals surface area contributed by atoms with Crippen LogP contribution in [0.2, 0.25) is 0 Å². The third-order valence-electron chi connectivity index (χ3n) is 5.09. The Bertz CT molecular complexity index is 736. The van der Waals surface area contributed by atoms with Crippen molar-refractivity contribution in [2.24, 2.45) is 0 Å². The molecule has 3 rings (SSSR count). The average Bonchev–Trinajstić information content (AvgIpc) is 3.04. The first-order chi connectivity index (χ1) is 12.4. The fraction of sp³-hybridized carbons (Fsp3) is 0.500. The number of anilines is 1. The summed E-state index contributed by atoms with van der Waals surface area (Å²) in [5.74, 6) is -0.195. The average molecular weight is 360 g/mol. The lowest BCUT2D eigenvalue weighted by Crippen LogP contribution is -2.55. The lowest BCUT2D eigenvalue weighted by molar-refractivity contribution is -0.120. The standard InChI is InChI=1S/C18H24N4O4/c1-12-10-20(7-8-21(12)18(25)26)11-16(23)22-6-5-13-3-4-14(9-15(13)22)17(24)19-2/h3-4,9,12H,5-8,10-11H2,1-2H3,(H,19,24)(H,25,26)/t12-/m1/s1. The smallest absolute Gasteiger partial charge is 0.407 e. The Morgan fingerprint density at radius 2 is 2.00 bits per heavy atom. The van der Waals surface area contributed by atoms with E-state index in [1.807, 2.05) is 17.9 Å². The maximum absolute atomic E-state index is 12.8. The van der Waals surface area contributed by atoms with E-state index in [-0.39, 0.29) is 24.4 Å². The molecule has 8 nitrogen and oxygen atoms in total. The zero-order valence-electron chi connectivity index (χ0n) is 15.1. The number of hydrogen-bond acceptors (Lipinski definition) is 4. The number of amides is 3. The zero-order valence-corrected chi connectivity index (χ0v) is 15.1. The van der Waals surface area contributed by atoms with Gasteiger partial charge in [-0.2, -0.15) is 0 Å². The number of fused-ring (bicyclic) bond motifs is 1. The molecule has 0 saturated carbocycles. The van der Waals surface area contributed by atoms with Crippen LogP contribution in [0.25, 0.3) is 0 Å². The molecule has 0 unspecified atom stereocenters. The van der Waals surface area contributed by atoms with Gasteiger partial charge in [0.2, 0.25) is 5.91 Å². The number of benzene rings is 1. The molecule has 2 heterocycles. The summed E-state index contributed by atoms with van der Waals surface area (Å²) in [5, 5.41) is 11.7. The highest BCUT2D eigenvalue weighted by Crippen LogP contribution is 2.29. The minimum absolute atomic E-state index is 0.0196. The van der Waals surface area contributed by atoms with E-state index in [9.17, 15) is 14.4 Å². The van der Waals surface area contributed by atoms with Crippen molar-refractivity contribution in [3.8, 4) is 0 Å². The van der Waals surface area contributed by atoms with E-state index in [4.69, 9.17) is 5.11 Å². The van der Waals surface area contributed by atoms with Crippen molar-refractivity contribution >= 4 is 23.6 Å². The van der Waals surface area contributed by atoms with E-state index in [0.717, 1.165) is 17.7 Å². The summed E-state index contributed by atoms with van der Waals surface area (Å²) >= 11 is 0. The van der Waals surface area contributed by atoms with Crippen molar-refractivity contribution in [1.82, 2.24) is 15.1 Å². The third kappa shape index (κ3) is 3.50. The molecule has 3 amide bonds. The summed E-state index contributed by atoms with van der Waals surface area (Å²) < 4.78 is 0. The van der Waals surface area contributed by atoms with Gasteiger partial charge >= 0.3 is 6.09 Å². The number of nitrogens with zero attached hydrogens (tertiary/aromatic N) is 3. The van der Waals surface area contributed by atoms with E-state index in [2.05, 4.69) is 5.32 Å². The molecule has 140 valence electrons. The minimum Gasteiger partial charge on any atom is -0.465 e. The second kappa shape index (κ2) is 7.33. The van der Waals surface area contributed by atoms with Gasteiger partial charge in [0.15, 0.2) is 0 Å². The second-order valence-corrected chi connectivity index (χ2v) is 6.78. The van der Waals surface area contributed by atoms with E-state index < -0.39 is 6.09 Å². The number of piperazine rings is 1. The molecule has 1 fully saturated rings. The molecular formula is C18H24N4O4. The van der Waals surface area contributed by atoms with Gasteiger partial charge in [0.25, 0.3) is 5.91 Å². The van der Waals surface area contributed by atoms with Crippen LogP contribution in [-0.4, -0.2) is 78.6 Å². The molecule has 1 atom stereocenters. The van der Waals surface area contributed by atoms with E-state index >= 15 is 0 Å². The molecule has 1 saturated heterocycles. The summed E-state index contributed by atoms with van der Waals surface area (Å²) in [6, 6.07) is 5.31. The Morgan fingerprint density at radius 1 is 1.23 bits per heavy atom. The first-order valence-electron chi connectivity index (χ1n) is 8.78. The highest BCUT2D eigenvalue weighted by molar-refractivity contribution is 6.00. The highest BCUT2D eigenvalue weighted by Gasteiger charge is 2.31. The van der Waals surface area contributed by atoms with Gasteiger partial charge in [-0.3, -0.25) is 14.5 Å². The molecule has 1 aromatic carbocycles. The summed E-state index contributed by atoms with van der Waals surface area (Å²) in [7, 11) is 1.58. The SMILES string of the molecule is CNC(=O)c1ccc2c(c1)N(C(=O)CN1CCN(C(=O)O)[C@H](C)C1)CC2. The predicted octanol–water partition coefficient (Wildman–Crippen LogP) is 0.619. The van der Waals surface area contributed by atoms with Crippen LogP contribution >= 0.6 is 0 Å². The highest BCUT2D eigenvalue weighted by atomic mass is 16.4. The first-order valence-corrected chi connectivity index (χ1v) is 8.78. The van der Waals surface area contributed by atoms with Gasteiger partial charge in [0.1, 0.15) is 0 Å². The van der Waals surface area contributed by atoms with Crippen LogP contribution in [-0.2, 0) is 11.2 Å². The summed E-state index contributed by atoms with van der Waals surface area (Å²) in [6.45, 7) is 4.20. The van der Waals surface area contributed by atoms with Gasteiger partial charge in [0, 0.05) is 50.5 Å². The van der Waals surface area contributed by atoms with Gasteiger partial charge in [-0.25, -0.2) is 4.79 Å². The predicted molar refractivity (Wildman–Crippen MR) is 96.5 cm³/mol. The minimum atomic E-state index is -0.918. The van der Waals surface area contributed by atoms with Crippen molar-refractivity contribution in [1.29, 1.82) is 0 Å². The largest absolute Gasteiger partial charge is 0.465 e. The lowest BCUT2D eigenvalue weighted by atomic mass is 10.1. The normalized spacial score (nSPS) is 20.0. The number of carboxylic acid groups (broad SMARTS) is 1. The molecule has 0 spiro atoms. The third-order valence-corrected chi connectivity index (χ3v) is 5.09. The number of hydrogen-bond donors (Lipinski definition) is 2. The van der Waals surface area contributed by atoms with Crippen molar-refractivity contribution in [2.75, 3.05) is 44.7 Å². The molecule has 0 radical (unpaired) electrons. The molecule has 2 aliphatic rings. The van der Waals surface area contributed by atoms with Crippen LogP contribution in [0.1, 0.15) is 22.8 Å². The van der Waals surface area contributed by atoms with Crippen LogP contribution in [0.15, 0.2) is 18.2 Å². The van der Waals surface area contributed by atoms with Crippen LogP contribution < -0.4 is 10.2 Å². The van der Waals surface area contributed by atoms with Gasteiger partial charge in [-0.1, -0.05) is 6.07 Å². The Hall–Kier alpha value is -2.61. The van der Waals surface area contributed by atoms with Crippen LogP contribution in [0.3, 0.4) is 0 Å². The quantitative estimate of drug-likeness (QED) is 0.824. The maximum Gasteiger partial charge on any atom is 0.407 e. The molecule has 0 aliphatic carbocycles. The van der Waals surface area contributed by atoms with Crippen molar-refractivity contribution in [3.63, 3.8) is 0 Å². The Labute approximate surface area is 152 Å². The van der Waals surface area contributed by atoms with Crippen molar-refractivity contribution < 1.29 is 19.5 Å². The zero-order chi connectivity index (χ0) is 18.8. The van der Waals surface area contributed by atoms with Crippen LogP contribution in [0.5, 0.6) is 0 Å². The summed E-state index contributed by atoms with van der Waals surface area (Å²) in [4.78, 5) is 40.9. The molecule has 0 bridgehead atoms. The fourth-order valence-corrected chi connectivity index (χ4v) is 3.66.